The van der Waals surface area contributed by atoms with Gasteiger partial charge in [0.15, 0.2) is 5.43 Å². The summed E-state index contributed by atoms with van der Waals surface area (Å²) < 4.78 is 5.30. The van der Waals surface area contributed by atoms with Crippen LogP contribution in [0.5, 0.6) is 0 Å². The summed E-state index contributed by atoms with van der Waals surface area (Å²) in [5, 5.41) is 18.6. The monoisotopic (exact) mass is 387 g/mol. The second-order valence-corrected chi connectivity index (χ2v) is 7.43. The largest absolute Gasteiger partial charge is 0.477 e. The van der Waals surface area contributed by atoms with Crippen LogP contribution < -0.4 is 5.43 Å². The van der Waals surface area contributed by atoms with Gasteiger partial charge in [0.25, 0.3) is 0 Å². The van der Waals surface area contributed by atoms with Crippen molar-refractivity contribution >= 4 is 17.6 Å². The lowest BCUT2D eigenvalue weighted by Crippen LogP contribution is -2.31. The average Bonchev–Trinajstić information content (AvgIpc) is 3.16. The quantitative estimate of drug-likeness (QED) is 0.745. The number of carboxylic acids is 1. The first-order valence-electron chi connectivity index (χ1n) is 8.53. The van der Waals surface area contributed by atoms with Gasteiger partial charge in [0, 0.05) is 31.1 Å². The molecule has 0 saturated heterocycles. The number of halogens is 1. The average molecular weight is 388 g/mol. The van der Waals surface area contributed by atoms with Crippen LogP contribution in [0.4, 0.5) is 0 Å². The van der Waals surface area contributed by atoms with Crippen molar-refractivity contribution in [1.82, 2.24) is 24.1 Å². The molecule has 8 nitrogen and oxygen atoms in total. The number of rotatable bonds is 3. The van der Waals surface area contributed by atoms with Gasteiger partial charge in [-0.05, 0) is 5.92 Å². The molecule has 0 aromatic carbocycles. The molecule has 4 heterocycles. The Kier molecular flexibility index (Phi) is 3.96. The molecule has 1 aliphatic rings. The Labute approximate surface area is 159 Å². The third kappa shape index (κ3) is 2.68. The lowest BCUT2D eigenvalue weighted by molar-refractivity contribution is 0.0694. The van der Waals surface area contributed by atoms with Crippen LogP contribution in [0.3, 0.4) is 0 Å². The van der Waals surface area contributed by atoms with E-state index in [2.05, 4.69) is 10.2 Å². The summed E-state index contributed by atoms with van der Waals surface area (Å²) >= 11 is 6.64. The Morgan fingerprint density at radius 3 is 2.70 bits per heavy atom. The lowest BCUT2D eigenvalue weighted by Gasteiger charge is -2.32. The summed E-state index contributed by atoms with van der Waals surface area (Å²) in [6.07, 6.45) is 4.92. The van der Waals surface area contributed by atoms with Crippen LogP contribution >= 0.6 is 11.6 Å². The molecule has 0 spiro atoms. The molecule has 9 heteroatoms. The van der Waals surface area contributed by atoms with Gasteiger partial charge in [-0.25, -0.2) is 4.79 Å². The van der Waals surface area contributed by atoms with E-state index in [4.69, 9.17) is 11.6 Å². The Bertz CT molecular complexity index is 1120. The van der Waals surface area contributed by atoms with Crippen LogP contribution in [0.1, 0.15) is 30.2 Å². The van der Waals surface area contributed by atoms with E-state index in [-0.39, 0.29) is 17.5 Å². The van der Waals surface area contributed by atoms with Crippen molar-refractivity contribution in [3.63, 3.8) is 0 Å². The van der Waals surface area contributed by atoms with Crippen molar-refractivity contribution < 1.29 is 9.90 Å². The molecule has 27 heavy (non-hydrogen) atoms. The molecule has 0 amide bonds. The number of hydrogen-bond acceptors (Lipinski definition) is 4. The first-order valence-corrected chi connectivity index (χ1v) is 8.91. The number of aryl methyl sites for hydroxylation is 1. The molecule has 0 radical (unpaired) electrons. The van der Waals surface area contributed by atoms with Gasteiger partial charge in [0.2, 0.25) is 0 Å². The Balaban J connectivity index is 1.98. The maximum atomic E-state index is 12.3. The molecule has 4 rings (SSSR count). The number of aromatic nitrogens is 5. The van der Waals surface area contributed by atoms with Crippen LogP contribution in [0.15, 0.2) is 29.5 Å². The van der Waals surface area contributed by atoms with Gasteiger partial charge in [0.1, 0.15) is 17.0 Å². The summed E-state index contributed by atoms with van der Waals surface area (Å²) in [5.41, 5.74) is 1.75. The summed E-state index contributed by atoms with van der Waals surface area (Å²) in [6, 6.07) is 1.29. The van der Waals surface area contributed by atoms with Crippen LogP contribution in [-0.2, 0) is 13.6 Å². The SMILES string of the molecule is CC(C)[C@@H]1Cn2nc(-c3cnn(C)c3)c(Cl)c2-c2cc(=O)c(C(=O)O)cn21. The molecule has 3 aromatic heterocycles. The van der Waals surface area contributed by atoms with E-state index in [1.165, 1.54) is 12.3 Å². The minimum atomic E-state index is -1.24. The van der Waals surface area contributed by atoms with E-state index in [0.717, 1.165) is 5.56 Å². The van der Waals surface area contributed by atoms with E-state index in [0.29, 0.717) is 28.6 Å². The van der Waals surface area contributed by atoms with E-state index in [1.807, 2.05) is 31.7 Å². The molecule has 0 saturated carbocycles. The summed E-state index contributed by atoms with van der Waals surface area (Å²) in [4.78, 5) is 23.8. The zero-order chi connectivity index (χ0) is 19.5. The van der Waals surface area contributed by atoms with Gasteiger partial charge < -0.3 is 9.67 Å². The van der Waals surface area contributed by atoms with Crippen LogP contribution in [-0.4, -0.2) is 35.2 Å². The number of carbonyl (C=O) groups is 1. The fourth-order valence-electron chi connectivity index (χ4n) is 3.52. The molecule has 1 atom stereocenters. The van der Waals surface area contributed by atoms with Gasteiger partial charge in [0.05, 0.1) is 29.5 Å². The highest BCUT2D eigenvalue weighted by atomic mass is 35.5. The van der Waals surface area contributed by atoms with E-state index >= 15 is 0 Å². The minimum absolute atomic E-state index is 0.0519. The topological polar surface area (TPSA) is 94.9 Å². The normalized spacial score (nSPS) is 15.7. The highest BCUT2D eigenvalue weighted by Crippen LogP contribution is 2.41. The number of pyridine rings is 1. The second kappa shape index (κ2) is 6.09. The Hall–Kier alpha value is -2.87. The Morgan fingerprint density at radius 2 is 2.11 bits per heavy atom. The molecule has 140 valence electrons. The van der Waals surface area contributed by atoms with Crippen molar-refractivity contribution in [3.8, 4) is 22.6 Å². The standard InChI is InChI=1S/C18H18ClN5O3/c1-9(2)13-8-24-17(12-4-14(25)11(18(26)27)7-23(12)13)15(19)16(21-24)10-5-20-22(3)6-10/h4-7,9,13H,8H2,1-3H3,(H,26,27)/t13-/m0/s1. The number of fused-ring (bicyclic) bond motifs is 3. The van der Waals surface area contributed by atoms with E-state index in [9.17, 15) is 14.7 Å². The first kappa shape index (κ1) is 17.5. The van der Waals surface area contributed by atoms with Crippen molar-refractivity contribution in [2.75, 3.05) is 0 Å². The molecule has 0 fully saturated rings. The van der Waals surface area contributed by atoms with Gasteiger partial charge in [-0.1, -0.05) is 25.4 Å². The van der Waals surface area contributed by atoms with E-state index < -0.39 is 11.4 Å². The molecular weight excluding hydrogens is 370 g/mol. The smallest absolute Gasteiger partial charge is 0.341 e. The lowest BCUT2D eigenvalue weighted by atomic mass is 9.99. The Morgan fingerprint density at radius 1 is 1.37 bits per heavy atom. The van der Waals surface area contributed by atoms with Crippen LogP contribution in [0.2, 0.25) is 5.02 Å². The second-order valence-electron chi connectivity index (χ2n) is 7.06. The predicted molar refractivity (Wildman–Crippen MR) is 100.0 cm³/mol. The highest BCUT2D eigenvalue weighted by molar-refractivity contribution is 6.35. The summed E-state index contributed by atoms with van der Waals surface area (Å²) in [5.74, 6) is -1.04. The number of nitrogens with zero attached hydrogens (tertiary/aromatic N) is 5. The third-order valence-electron chi connectivity index (χ3n) is 4.91. The fourth-order valence-corrected chi connectivity index (χ4v) is 3.86. The molecular formula is C18H18ClN5O3. The van der Waals surface area contributed by atoms with Crippen molar-refractivity contribution in [2.45, 2.75) is 26.4 Å². The summed E-state index contributed by atoms with van der Waals surface area (Å²) in [7, 11) is 1.81. The van der Waals surface area contributed by atoms with Crippen LogP contribution in [0.25, 0.3) is 22.6 Å². The van der Waals surface area contributed by atoms with Crippen molar-refractivity contribution in [3.05, 3.63) is 45.5 Å². The van der Waals surface area contributed by atoms with Gasteiger partial charge >= 0.3 is 5.97 Å². The molecule has 0 bridgehead atoms. The maximum absolute atomic E-state index is 12.3. The maximum Gasteiger partial charge on any atom is 0.341 e. The highest BCUT2D eigenvalue weighted by Gasteiger charge is 2.32. The predicted octanol–water partition coefficient (Wildman–Crippen LogP) is 2.67. The van der Waals surface area contributed by atoms with E-state index in [1.54, 1.807) is 15.6 Å². The zero-order valence-corrected chi connectivity index (χ0v) is 15.8. The molecule has 1 N–H and O–H groups in total. The zero-order valence-electron chi connectivity index (χ0n) is 15.0. The van der Waals surface area contributed by atoms with Gasteiger partial charge in [-0.15, -0.1) is 0 Å². The van der Waals surface area contributed by atoms with Crippen molar-refractivity contribution in [1.29, 1.82) is 0 Å². The number of carboxylic acid groups (broad SMARTS) is 1. The molecule has 0 aliphatic carbocycles. The first-order chi connectivity index (χ1) is 12.8. The number of aromatic carboxylic acids is 1. The van der Waals surface area contributed by atoms with Crippen LogP contribution in [0, 0.1) is 5.92 Å². The van der Waals surface area contributed by atoms with Crippen molar-refractivity contribution in [2.24, 2.45) is 13.0 Å². The fraction of sp³-hybridized carbons (Fsp3) is 0.333. The van der Waals surface area contributed by atoms with Gasteiger partial charge in [-0.2, -0.15) is 10.2 Å². The summed E-state index contributed by atoms with van der Waals surface area (Å²) in [6.45, 7) is 4.62. The number of hydrogen-bond donors (Lipinski definition) is 1. The molecule has 1 aliphatic heterocycles. The van der Waals surface area contributed by atoms with Gasteiger partial charge in [-0.3, -0.25) is 14.2 Å². The molecule has 3 aromatic rings. The minimum Gasteiger partial charge on any atom is -0.477 e. The molecule has 0 unspecified atom stereocenters. The third-order valence-corrected chi connectivity index (χ3v) is 5.27.